The van der Waals surface area contributed by atoms with E-state index < -0.39 is 26.0 Å². The van der Waals surface area contributed by atoms with Crippen molar-refractivity contribution in [2.45, 2.75) is 35.5 Å². The van der Waals surface area contributed by atoms with Crippen molar-refractivity contribution in [3.63, 3.8) is 0 Å². The molecule has 0 bridgehead atoms. The van der Waals surface area contributed by atoms with Gasteiger partial charge in [-0.05, 0) is 74.2 Å². The number of halogens is 1. The molecule has 2 saturated heterocycles. The highest BCUT2D eigenvalue weighted by molar-refractivity contribution is 7.89. The molecule has 2 aromatic rings. The summed E-state index contributed by atoms with van der Waals surface area (Å²) in [5, 5.41) is 3.26. The van der Waals surface area contributed by atoms with Crippen LogP contribution in [0.15, 0.2) is 58.3 Å². The van der Waals surface area contributed by atoms with E-state index in [9.17, 15) is 21.6 Å². The zero-order chi connectivity index (χ0) is 25.8. The van der Waals surface area contributed by atoms with E-state index in [1.807, 2.05) is 0 Å². The minimum atomic E-state index is -3.70. The van der Waals surface area contributed by atoms with Gasteiger partial charge in [0.2, 0.25) is 26.0 Å². The van der Waals surface area contributed by atoms with Gasteiger partial charge in [0.05, 0.1) is 22.3 Å². The largest absolute Gasteiger partial charge is 0.492 e. The van der Waals surface area contributed by atoms with Gasteiger partial charge in [0.1, 0.15) is 12.4 Å². The Morgan fingerprint density at radius 1 is 0.861 bits per heavy atom. The lowest BCUT2D eigenvalue weighted by Crippen LogP contribution is -2.45. The van der Waals surface area contributed by atoms with Crippen molar-refractivity contribution in [1.29, 1.82) is 0 Å². The molecule has 0 unspecified atom stereocenters. The van der Waals surface area contributed by atoms with Crippen LogP contribution in [0.1, 0.15) is 25.7 Å². The van der Waals surface area contributed by atoms with Crippen LogP contribution in [0.5, 0.6) is 5.75 Å². The summed E-state index contributed by atoms with van der Waals surface area (Å²) in [6, 6.07) is 12.3. The van der Waals surface area contributed by atoms with E-state index in [4.69, 9.17) is 16.3 Å². The van der Waals surface area contributed by atoms with Crippen LogP contribution in [0.3, 0.4) is 0 Å². The van der Waals surface area contributed by atoms with E-state index in [0.29, 0.717) is 43.2 Å². The highest BCUT2D eigenvalue weighted by Crippen LogP contribution is 2.25. The van der Waals surface area contributed by atoms with Crippen molar-refractivity contribution in [2.24, 2.45) is 5.92 Å². The summed E-state index contributed by atoms with van der Waals surface area (Å²) in [6.45, 7) is 2.01. The minimum absolute atomic E-state index is 0.116. The number of carbonyl (C=O) groups excluding carboxylic acids is 1. The summed E-state index contributed by atoms with van der Waals surface area (Å²) in [4.78, 5) is 13.1. The van der Waals surface area contributed by atoms with Crippen LogP contribution in [0, 0.1) is 5.92 Å². The van der Waals surface area contributed by atoms with Gasteiger partial charge in [-0.25, -0.2) is 16.8 Å². The monoisotopic (exact) mass is 555 g/mol. The fourth-order valence-corrected chi connectivity index (χ4v) is 7.57. The van der Waals surface area contributed by atoms with Gasteiger partial charge in [-0.15, -0.1) is 0 Å². The normalized spacial score (nSPS) is 19.8. The third-order valence-corrected chi connectivity index (χ3v) is 10.4. The lowest BCUT2D eigenvalue weighted by molar-refractivity contribution is -0.126. The van der Waals surface area contributed by atoms with Crippen molar-refractivity contribution in [1.82, 2.24) is 13.9 Å². The molecule has 2 aromatic carbocycles. The minimum Gasteiger partial charge on any atom is -0.492 e. The standard InChI is InChI=1S/C24H30ClN3O6S2/c25-20-5-9-22(10-6-20)36(32,33)28-16-3-4-19(18-28)24(29)26-13-17-34-21-7-11-23(12-8-21)35(30,31)27-14-1-2-15-27/h5-12,19H,1-4,13-18H2,(H,26,29)/t19-/m0/s1. The van der Waals surface area contributed by atoms with Crippen LogP contribution < -0.4 is 10.1 Å². The topological polar surface area (TPSA) is 113 Å². The Bertz CT molecular complexity index is 1260. The van der Waals surface area contributed by atoms with Gasteiger partial charge in [0.15, 0.2) is 0 Å². The summed E-state index contributed by atoms with van der Waals surface area (Å²) < 4.78 is 59.6. The van der Waals surface area contributed by atoms with Crippen molar-refractivity contribution in [2.75, 3.05) is 39.3 Å². The number of hydrogen-bond donors (Lipinski definition) is 1. The van der Waals surface area contributed by atoms with E-state index in [0.717, 1.165) is 12.8 Å². The highest BCUT2D eigenvalue weighted by Gasteiger charge is 2.33. The molecule has 12 heteroatoms. The van der Waals surface area contributed by atoms with E-state index >= 15 is 0 Å². The highest BCUT2D eigenvalue weighted by atomic mass is 35.5. The summed E-state index contributed by atoms with van der Waals surface area (Å²) in [6.07, 6.45) is 2.95. The van der Waals surface area contributed by atoms with E-state index in [1.165, 1.54) is 45.0 Å². The van der Waals surface area contributed by atoms with E-state index in [2.05, 4.69) is 5.32 Å². The number of piperidine rings is 1. The van der Waals surface area contributed by atoms with Crippen molar-refractivity contribution < 1.29 is 26.4 Å². The number of ether oxygens (including phenoxy) is 1. The first-order chi connectivity index (χ1) is 17.2. The van der Waals surface area contributed by atoms with Gasteiger partial charge < -0.3 is 10.1 Å². The number of nitrogens with one attached hydrogen (secondary N) is 1. The molecule has 2 fully saturated rings. The number of carbonyl (C=O) groups is 1. The van der Waals surface area contributed by atoms with Crippen LogP contribution in [0.25, 0.3) is 0 Å². The first-order valence-electron chi connectivity index (χ1n) is 11.9. The molecule has 1 amide bonds. The fourth-order valence-electron chi connectivity index (χ4n) is 4.40. The Morgan fingerprint density at radius 2 is 1.42 bits per heavy atom. The number of rotatable bonds is 9. The third-order valence-electron chi connectivity index (χ3n) is 6.40. The third kappa shape index (κ3) is 6.20. The first kappa shape index (κ1) is 26.9. The maximum atomic E-state index is 12.9. The quantitative estimate of drug-likeness (QED) is 0.476. The molecule has 196 valence electrons. The SMILES string of the molecule is O=C(NCCOc1ccc(S(=O)(=O)N2CCCC2)cc1)[C@H]1CCCN(S(=O)(=O)c2ccc(Cl)cc2)C1. The molecule has 0 aliphatic carbocycles. The average molecular weight is 556 g/mol. The van der Waals surface area contributed by atoms with Gasteiger partial charge in [-0.3, -0.25) is 4.79 Å². The number of amides is 1. The van der Waals surface area contributed by atoms with Crippen molar-refractivity contribution >= 4 is 37.6 Å². The number of sulfonamides is 2. The second-order valence-electron chi connectivity index (χ2n) is 8.88. The smallest absolute Gasteiger partial charge is 0.243 e. The molecule has 0 spiro atoms. The lowest BCUT2D eigenvalue weighted by atomic mass is 9.99. The van der Waals surface area contributed by atoms with Crippen molar-refractivity contribution in [3.05, 3.63) is 53.6 Å². The summed E-state index contributed by atoms with van der Waals surface area (Å²) in [5.74, 6) is -0.167. The molecule has 9 nitrogen and oxygen atoms in total. The maximum absolute atomic E-state index is 12.9. The Hall–Kier alpha value is -2.18. The molecule has 0 saturated carbocycles. The van der Waals surface area contributed by atoms with Gasteiger partial charge in [-0.2, -0.15) is 8.61 Å². The Kier molecular flexibility index (Phi) is 8.56. The van der Waals surface area contributed by atoms with Crippen LogP contribution in [-0.2, 0) is 24.8 Å². The van der Waals surface area contributed by atoms with Crippen LogP contribution >= 0.6 is 11.6 Å². The van der Waals surface area contributed by atoms with E-state index in [-0.39, 0.29) is 35.4 Å². The molecule has 0 radical (unpaired) electrons. The Morgan fingerprint density at radius 3 is 2.06 bits per heavy atom. The predicted molar refractivity (Wildman–Crippen MR) is 136 cm³/mol. The van der Waals surface area contributed by atoms with E-state index in [1.54, 1.807) is 12.1 Å². The van der Waals surface area contributed by atoms with Gasteiger partial charge >= 0.3 is 0 Å². The second-order valence-corrected chi connectivity index (χ2v) is 13.2. The average Bonchev–Trinajstić information content (AvgIpc) is 3.43. The molecule has 0 aromatic heterocycles. The van der Waals surface area contributed by atoms with Crippen LogP contribution in [0.4, 0.5) is 0 Å². The number of nitrogens with zero attached hydrogens (tertiary/aromatic N) is 2. The molecular weight excluding hydrogens is 526 g/mol. The fraction of sp³-hybridized carbons (Fsp3) is 0.458. The Labute approximate surface area is 217 Å². The maximum Gasteiger partial charge on any atom is 0.243 e. The lowest BCUT2D eigenvalue weighted by Gasteiger charge is -2.31. The van der Waals surface area contributed by atoms with Crippen LogP contribution in [0.2, 0.25) is 5.02 Å². The van der Waals surface area contributed by atoms with Gasteiger partial charge in [0.25, 0.3) is 0 Å². The van der Waals surface area contributed by atoms with Gasteiger partial charge in [-0.1, -0.05) is 11.6 Å². The molecule has 2 aliphatic rings. The molecule has 1 N–H and O–H groups in total. The molecule has 2 aliphatic heterocycles. The molecular formula is C24H30ClN3O6S2. The Balaban J connectivity index is 1.24. The number of hydrogen-bond acceptors (Lipinski definition) is 6. The first-order valence-corrected chi connectivity index (χ1v) is 15.2. The molecule has 4 rings (SSSR count). The molecule has 2 heterocycles. The summed E-state index contributed by atoms with van der Waals surface area (Å²) in [5.41, 5.74) is 0. The molecule has 1 atom stereocenters. The molecule has 36 heavy (non-hydrogen) atoms. The summed E-state index contributed by atoms with van der Waals surface area (Å²) in [7, 11) is -7.17. The zero-order valence-electron chi connectivity index (χ0n) is 19.8. The second kappa shape index (κ2) is 11.5. The van der Waals surface area contributed by atoms with Gasteiger partial charge in [0, 0.05) is 31.2 Å². The van der Waals surface area contributed by atoms with Crippen LogP contribution in [-0.4, -0.2) is 70.7 Å². The zero-order valence-corrected chi connectivity index (χ0v) is 22.2. The van der Waals surface area contributed by atoms with Crippen molar-refractivity contribution in [3.8, 4) is 5.75 Å². The summed E-state index contributed by atoms with van der Waals surface area (Å²) >= 11 is 5.86. The predicted octanol–water partition coefficient (Wildman–Crippen LogP) is 2.72. The number of benzene rings is 2.